The van der Waals surface area contributed by atoms with Crippen molar-refractivity contribution in [2.45, 2.75) is 13.0 Å². The van der Waals surface area contributed by atoms with Gasteiger partial charge >= 0.3 is 5.97 Å². The summed E-state index contributed by atoms with van der Waals surface area (Å²) in [6, 6.07) is 4.80. The van der Waals surface area contributed by atoms with Gasteiger partial charge in [0.25, 0.3) is 5.91 Å². The first-order valence-electron chi connectivity index (χ1n) is 7.01. The molecule has 0 spiro atoms. The molecule has 0 saturated carbocycles. The van der Waals surface area contributed by atoms with Crippen molar-refractivity contribution in [1.82, 2.24) is 5.12 Å². The molecule has 1 saturated heterocycles. The largest absolute Gasteiger partial charge is 0.461 e. The minimum Gasteiger partial charge on any atom is -0.461 e. The van der Waals surface area contributed by atoms with Crippen molar-refractivity contribution in [3.8, 4) is 0 Å². The Kier molecular flexibility index (Phi) is 4.02. The Morgan fingerprint density at radius 1 is 1.38 bits per heavy atom. The molecule has 0 unspecified atom stereocenters. The van der Waals surface area contributed by atoms with Gasteiger partial charge in [0, 0.05) is 5.02 Å². The molecule has 0 aliphatic carbocycles. The van der Waals surface area contributed by atoms with Gasteiger partial charge in [-0.05, 0) is 25.1 Å². The zero-order valence-corrected chi connectivity index (χ0v) is 13.1. The van der Waals surface area contributed by atoms with Crippen LogP contribution in [-0.2, 0) is 19.1 Å². The predicted octanol–water partition coefficient (Wildman–Crippen LogP) is 1.11. The second-order valence-corrected chi connectivity index (χ2v) is 5.46. The predicted molar refractivity (Wildman–Crippen MR) is 82.9 cm³/mol. The van der Waals surface area contributed by atoms with Gasteiger partial charge in [0.1, 0.15) is 5.92 Å². The van der Waals surface area contributed by atoms with Crippen LogP contribution in [0.4, 0.5) is 5.69 Å². The number of hydrogen-bond donors (Lipinski definition) is 0. The van der Waals surface area contributed by atoms with Crippen LogP contribution in [0.5, 0.6) is 0 Å². The monoisotopic (exact) mass is 350 g/mol. The molecular weight excluding hydrogens is 340 g/mol. The van der Waals surface area contributed by atoms with Crippen molar-refractivity contribution in [3.63, 3.8) is 0 Å². The van der Waals surface area contributed by atoms with Crippen LogP contribution in [0.25, 0.3) is 0 Å². The highest BCUT2D eigenvalue weighted by Gasteiger charge is 2.59. The molecule has 0 N–H and O–H groups in total. The number of carbonyl (C=O) groups excluding carboxylic acids is 3. The van der Waals surface area contributed by atoms with Crippen molar-refractivity contribution >= 4 is 40.8 Å². The molecule has 1 fully saturated rings. The number of fused-ring (bicyclic) bond motifs is 1. The first kappa shape index (κ1) is 16.1. The molecule has 24 heavy (non-hydrogen) atoms. The topological polar surface area (TPSA) is 109 Å². The van der Waals surface area contributed by atoms with Gasteiger partial charge < -0.3 is 4.74 Å². The van der Waals surface area contributed by atoms with Crippen LogP contribution in [0, 0.1) is 10.8 Å². The molecule has 1 aromatic carbocycles. The van der Waals surface area contributed by atoms with E-state index in [4.69, 9.17) is 16.3 Å². The fraction of sp³-hybridized carbons (Fsp3) is 0.286. The van der Waals surface area contributed by atoms with E-state index in [0.717, 1.165) is 4.90 Å². The molecule has 2 atom stereocenters. The summed E-state index contributed by atoms with van der Waals surface area (Å²) in [5, 5.41) is 7.13. The van der Waals surface area contributed by atoms with E-state index in [1.807, 2.05) is 0 Å². The standard InChI is InChI=1S/C14H11ClN4O5/c1-2-24-14(22)10-9-11(19(16-10)17-23)13(21)18(12(9)20)8-5-3-4-7(15)6-8/h3-6,9,11H,2H2,1H3/t9-,11+/m1/s1. The average Bonchev–Trinajstić information content (AvgIpc) is 3.05. The Bertz CT molecular complexity index is 780. The summed E-state index contributed by atoms with van der Waals surface area (Å²) in [6.45, 7) is 1.64. The molecule has 2 amide bonds. The molecule has 0 radical (unpaired) electrons. The summed E-state index contributed by atoms with van der Waals surface area (Å²) in [7, 11) is 0. The molecule has 2 aliphatic rings. The fourth-order valence-corrected chi connectivity index (χ4v) is 2.89. The van der Waals surface area contributed by atoms with Gasteiger partial charge in [0.2, 0.25) is 5.91 Å². The normalized spacial score (nSPS) is 22.5. The third-order valence-corrected chi connectivity index (χ3v) is 3.90. The minimum atomic E-state index is -1.30. The Balaban J connectivity index is 2.02. The lowest BCUT2D eigenvalue weighted by Crippen LogP contribution is -2.36. The molecule has 0 aromatic heterocycles. The number of amides is 2. The molecule has 124 valence electrons. The van der Waals surface area contributed by atoms with E-state index in [-0.39, 0.29) is 18.0 Å². The van der Waals surface area contributed by atoms with E-state index in [9.17, 15) is 19.3 Å². The Morgan fingerprint density at radius 2 is 2.12 bits per heavy atom. The van der Waals surface area contributed by atoms with E-state index in [1.165, 1.54) is 12.1 Å². The number of anilines is 1. The van der Waals surface area contributed by atoms with Gasteiger partial charge in [0.15, 0.2) is 11.8 Å². The van der Waals surface area contributed by atoms with E-state index in [2.05, 4.69) is 10.4 Å². The van der Waals surface area contributed by atoms with Crippen LogP contribution in [-0.4, -0.2) is 41.3 Å². The van der Waals surface area contributed by atoms with E-state index in [0.29, 0.717) is 10.1 Å². The molecule has 2 aliphatic heterocycles. The first-order valence-corrected chi connectivity index (χ1v) is 7.39. The lowest BCUT2D eigenvalue weighted by Gasteiger charge is -2.16. The highest BCUT2D eigenvalue weighted by molar-refractivity contribution is 6.46. The van der Waals surface area contributed by atoms with Crippen LogP contribution in [0.2, 0.25) is 5.02 Å². The van der Waals surface area contributed by atoms with Crippen molar-refractivity contribution in [2.24, 2.45) is 16.3 Å². The second kappa shape index (κ2) is 6.00. The third kappa shape index (κ3) is 2.33. The number of hydrazone groups is 1. The maximum atomic E-state index is 12.7. The first-order chi connectivity index (χ1) is 11.5. The summed E-state index contributed by atoms with van der Waals surface area (Å²) in [5.41, 5.74) is -0.0784. The molecule has 1 aromatic rings. The number of nitroso groups, excluding NO2 is 1. The Labute approximate surface area is 140 Å². The summed E-state index contributed by atoms with van der Waals surface area (Å²) >= 11 is 5.89. The highest BCUT2D eigenvalue weighted by Crippen LogP contribution is 2.36. The van der Waals surface area contributed by atoms with Crippen LogP contribution in [0.1, 0.15) is 6.92 Å². The average molecular weight is 351 g/mol. The third-order valence-electron chi connectivity index (χ3n) is 3.66. The Hall–Kier alpha value is -2.81. The van der Waals surface area contributed by atoms with Crippen LogP contribution < -0.4 is 4.90 Å². The lowest BCUT2D eigenvalue weighted by atomic mass is 9.98. The molecule has 3 rings (SSSR count). The number of halogens is 1. The summed E-state index contributed by atoms with van der Waals surface area (Å²) in [4.78, 5) is 49.1. The molecule has 2 heterocycles. The number of benzene rings is 1. The molecule has 10 heteroatoms. The van der Waals surface area contributed by atoms with Gasteiger partial charge in [-0.15, -0.1) is 15.1 Å². The van der Waals surface area contributed by atoms with Crippen LogP contribution in [0.3, 0.4) is 0 Å². The van der Waals surface area contributed by atoms with Crippen molar-refractivity contribution in [1.29, 1.82) is 0 Å². The molecule has 0 bridgehead atoms. The fourth-order valence-electron chi connectivity index (χ4n) is 2.70. The number of carbonyl (C=O) groups is 3. The SMILES string of the molecule is CCOC(=O)C1=NN(N=O)[C@@H]2C(=O)N(c3cccc(Cl)c3)C(=O)[C@H]12. The lowest BCUT2D eigenvalue weighted by molar-refractivity contribution is -0.136. The zero-order chi connectivity index (χ0) is 17.4. The minimum absolute atomic E-state index is 0.0594. The van der Waals surface area contributed by atoms with Crippen LogP contribution >= 0.6 is 11.6 Å². The van der Waals surface area contributed by atoms with Gasteiger partial charge in [-0.2, -0.15) is 0 Å². The van der Waals surface area contributed by atoms with Crippen LogP contribution in [0.15, 0.2) is 34.7 Å². The number of imide groups is 1. The second-order valence-electron chi connectivity index (χ2n) is 5.02. The maximum absolute atomic E-state index is 12.7. The quantitative estimate of drug-likeness (QED) is 0.457. The number of nitrogens with zero attached hydrogens (tertiary/aromatic N) is 4. The van der Waals surface area contributed by atoms with E-state index in [1.54, 1.807) is 19.1 Å². The van der Waals surface area contributed by atoms with Gasteiger partial charge in [-0.25, -0.2) is 9.69 Å². The van der Waals surface area contributed by atoms with Gasteiger partial charge in [-0.1, -0.05) is 17.7 Å². The van der Waals surface area contributed by atoms with Gasteiger partial charge in [0.05, 0.1) is 17.6 Å². The number of ether oxygens (including phenoxy) is 1. The summed E-state index contributed by atoms with van der Waals surface area (Å²) in [6.07, 6.45) is 0. The van der Waals surface area contributed by atoms with Crippen molar-refractivity contribution < 1.29 is 19.1 Å². The van der Waals surface area contributed by atoms with E-state index < -0.39 is 29.7 Å². The van der Waals surface area contributed by atoms with Gasteiger partial charge in [-0.3, -0.25) is 9.59 Å². The maximum Gasteiger partial charge on any atom is 0.355 e. The molecular formula is C14H11ClN4O5. The Morgan fingerprint density at radius 3 is 2.75 bits per heavy atom. The summed E-state index contributed by atoms with van der Waals surface area (Å²) < 4.78 is 4.83. The summed E-state index contributed by atoms with van der Waals surface area (Å²) in [5.74, 6) is -3.51. The molecule has 9 nitrogen and oxygen atoms in total. The highest BCUT2D eigenvalue weighted by atomic mass is 35.5. The van der Waals surface area contributed by atoms with E-state index >= 15 is 0 Å². The zero-order valence-electron chi connectivity index (χ0n) is 12.4. The number of hydrogen-bond acceptors (Lipinski definition) is 7. The number of esters is 1. The van der Waals surface area contributed by atoms with Crippen molar-refractivity contribution in [2.75, 3.05) is 11.5 Å². The smallest absolute Gasteiger partial charge is 0.355 e. The van der Waals surface area contributed by atoms with Crippen molar-refractivity contribution in [3.05, 3.63) is 34.2 Å². The number of rotatable bonds is 4.